The molecule has 0 aliphatic heterocycles. The number of hydrogen-bond donors (Lipinski definition) is 0. The molecule has 1 atom stereocenters. The Morgan fingerprint density at radius 1 is 1.50 bits per heavy atom. The van der Waals surface area contributed by atoms with E-state index in [0.717, 1.165) is 12.3 Å². The smallest absolute Gasteiger partial charge is 0.0443 e. The van der Waals surface area contributed by atoms with Gasteiger partial charge in [-0.3, -0.25) is 0 Å². The van der Waals surface area contributed by atoms with E-state index in [1.807, 2.05) is 0 Å². The van der Waals surface area contributed by atoms with Crippen LogP contribution in [0.25, 0.3) is 0 Å². The molecule has 0 aromatic heterocycles. The summed E-state index contributed by atoms with van der Waals surface area (Å²) >= 11 is 0. The minimum Gasteiger partial charge on any atom is -0.0654 e. The predicted octanol–water partition coefficient (Wildman–Crippen LogP) is 3.04. The molecule has 1 radical (unpaired) electrons. The van der Waals surface area contributed by atoms with Crippen molar-refractivity contribution in [2.75, 3.05) is 0 Å². The average Bonchev–Trinajstić information content (AvgIpc) is 1.83. The zero-order chi connectivity index (χ0) is 6.41. The zero-order valence-electron chi connectivity index (χ0n) is 6.11. The lowest BCUT2D eigenvalue weighted by Gasteiger charge is -2.04. The van der Waals surface area contributed by atoms with E-state index >= 15 is 0 Å². The van der Waals surface area contributed by atoms with Crippen LogP contribution in [-0.4, -0.2) is 0 Å². The molecule has 8 heavy (non-hydrogen) atoms. The van der Waals surface area contributed by atoms with Gasteiger partial charge in [0.2, 0.25) is 0 Å². The fourth-order valence-electron chi connectivity index (χ4n) is 0.697. The summed E-state index contributed by atoms with van der Waals surface area (Å²) in [6.07, 6.45) is 5.15. The van der Waals surface area contributed by atoms with Gasteiger partial charge in [-0.2, -0.15) is 0 Å². The summed E-state index contributed by atoms with van der Waals surface area (Å²) in [6.45, 7) is 8.34. The SMILES string of the molecule is [CH2]CC(C)CCCC. The van der Waals surface area contributed by atoms with E-state index in [9.17, 15) is 0 Å². The summed E-state index contributed by atoms with van der Waals surface area (Å²) in [5, 5.41) is 0. The lowest BCUT2D eigenvalue weighted by atomic mass is 10.0. The van der Waals surface area contributed by atoms with Crippen LogP contribution in [0.2, 0.25) is 0 Å². The maximum Gasteiger partial charge on any atom is -0.0443 e. The van der Waals surface area contributed by atoms with Gasteiger partial charge in [-0.15, -0.1) is 0 Å². The molecule has 0 nitrogen and oxygen atoms in total. The second-order valence-corrected chi connectivity index (χ2v) is 2.54. The normalized spacial score (nSPS) is 13.9. The summed E-state index contributed by atoms with van der Waals surface area (Å²) in [4.78, 5) is 0. The largest absolute Gasteiger partial charge is 0.0654 e. The molecule has 1 unspecified atom stereocenters. The molecule has 0 saturated heterocycles. The Morgan fingerprint density at radius 3 is 2.50 bits per heavy atom. The van der Waals surface area contributed by atoms with Gasteiger partial charge in [-0.25, -0.2) is 0 Å². The van der Waals surface area contributed by atoms with E-state index in [1.54, 1.807) is 0 Å². The summed E-state index contributed by atoms with van der Waals surface area (Å²) in [5.74, 6) is 0.843. The van der Waals surface area contributed by atoms with Crippen molar-refractivity contribution in [1.82, 2.24) is 0 Å². The van der Waals surface area contributed by atoms with Crippen LogP contribution in [0.5, 0.6) is 0 Å². The molecule has 0 heterocycles. The van der Waals surface area contributed by atoms with Crippen molar-refractivity contribution in [3.05, 3.63) is 6.92 Å². The van der Waals surface area contributed by atoms with Crippen LogP contribution in [0.15, 0.2) is 0 Å². The second-order valence-electron chi connectivity index (χ2n) is 2.54. The van der Waals surface area contributed by atoms with Crippen LogP contribution in [-0.2, 0) is 0 Å². The standard InChI is InChI=1S/C8H17/c1-4-6-7-8(3)5-2/h8H,2,4-7H2,1,3H3. The fourth-order valence-corrected chi connectivity index (χ4v) is 0.697. The Labute approximate surface area is 53.3 Å². The molecule has 0 aliphatic carbocycles. The molecule has 0 saturated carbocycles. The van der Waals surface area contributed by atoms with Gasteiger partial charge < -0.3 is 0 Å². The molecule has 0 amide bonds. The highest BCUT2D eigenvalue weighted by molar-refractivity contribution is 4.52. The second kappa shape index (κ2) is 5.14. The van der Waals surface area contributed by atoms with Gasteiger partial charge in [-0.1, -0.05) is 46.5 Å². The van der Waals surface area contributed by atoms with Gasteiger partial charge in [0, 0.05) is 0 Å². The summed E-state index contributed by atoms with van der Waals surface area (Å²) in [5.41, 5.74) is 0. The molecular formula is C8H17. The van der Waals surface area contributed by atoms with Gasteiger partial charge in [0.05, 0.1) is 0 Å². The molecule has 0 aromatic rings. The van der Waals surface area contributed by atoms with E-state index in [4.69, 9.17) is 0 Å². The fraction of sp³-hybridized carbons (Fsp3) is 0.875. The molecule has 49 valence electrons. The monoisotopic (exact) mass is 113 g/mol. The van der Waals surface area contributed by atoms with Crippen LogP contribution in [0.1, 0.15) is 39.5 Å². The quantitative estimate of drug-likeness (QED) is 0.525. The number of unbranched alkanes of at least 4 members (excludes halogenated alkanes) is 1. The molecule has 0 rings (SSSR count). The highest BCUT2D eigenvalue weighted by Crippen LogP contribution is 2.09. The lowest BCUT2D eigenvalue weighted by molar-refractivity contribution is 0.510. The molecule has 0 aromatic carbocycles. The average molecular weight is 113 g/mol. The molecular weight excluding hydrogens is 96.1 g/mol. The highest BCUT2D eigenvalue weighted by Gasteiger charge is 1.94. The molecule has 0 N–H and O–H groups in total. The van der Waals surface area contributed by atoms with E-state index in [2.05, 4.69) is 20.8 Å². The third-order valence-electron chi connectivity index (χ3n) is 1.54. The predicted molar refractivity (Wildman–Crippen MR) is 38.7 cm³/mol. The first kappa shape index (κ1) is 8.00. The molecule has 0 aliphatic rings. The van der Waals surface area contributed by atoms with Crippen molar-refractivity contribution in [3.8, 4) is 0 Å². The van der Waals surface area contributed by atoms with Gasteiger partial charge in [0.1, 0.15) is 0 Å². The van der Waals surface area contributed by atoms with E-state index < -0.39 is 0 Å². The summed E-state index contributed by atoms with van der Waals surface area (Å²) in [7, 11) is 0. The first-order valence-electron chi connectivity index (χ1n) is 3.60. The minimum absolute atomic E-state index is 0.843. The van der Waals surface area contributed by atoms with Crippen molar-refractivity contribution < 1.29 is 0 Å². The first-order chi connectivity index (χ1) is 3.81. The number of hydrogen-bond acceptors (Lipinski definition) is 0. The Morgan fingerprint density at radius 2 is 2.12 bits per heavy atom. The molecule has 0 heteroatoms. The van der Waals surface area contributed by atoms with Crippen LogP contribution >= 0.6 is 0 Å². The van der Waals surface area contributed by atoms with Gasteiger partial charge in [0.15, 0.2) is 0 Å². The Balaban J connectivity index is 2.86. The Kier molecular flexibility index (Phi) is 5.14. The topological polar surface area (TPSA) is 0 Å². The summed E-state index contributed by atoms with van der Waals surface area (Å²) in [6, 6.07) is 0. The van der Waals surface area contributed by atoms with Crippen LogP contribution in [0, 0.1) is 12.8 Å². The first-order valence-corrected chi connectivity index (χ1v) is 3.60. The van der Waals surface area contributed by atoms with Crippen molar-refractivity contribution in [2.24, 2.45) is 5.92 Å². The Hall–Kier alpha value is 0. The third kappa shape index (κ3) is 4.17. The highest BCUT2D eigenvalue weighted by atomic mass is 14.0. The third-order valence-corrected chi connectivity index (χ3v) is 1.54. The maximum absolute atomic E-state index is 3.84. The van der Waals surface area contributed by atoms with Crippen molar-refractivity contribution in [1.29, 1.82) is 0 Å². The van der Waals surface area contributed by atoms with Crippen LogP contribution in [0.3, 0.4) is 0 Å². The number of rotatable bonds is 4. The van der Waals surface area contributed by atoms with Gasteiger partial charge in [0.25, 0.3) is 0 Å². The van der Waals surface area contributed by atoms with Crippen LogP contribution in [0.4, 0.5) is 0 Å². The van der Waals surface area contributed by atoms with Crippen molar-refractivity contribution in [2.45, 2.75) is 39.5 Å². The van der Waals surface area contributed by atoms with E-state index in [1.165, 1.54) is 19.3 Å². The molecule has 0 fully saturated rings. The van der Waals surface area contributed by atoms with E-state index in [0.29, 0.717) is 0 Å². The molecule has 0 bridgehead atoms. The van der Waals surface area contributed by atoms with Crippen LogP contribution < -0.4 is 0 Å². The zero-order valence-corrected chi connectivity index (χ0v) is 6.11. The minimum atomic E-state index is 0.843. The van der Waals surface area contributed by atoms with Gasteiger partial charge >= 0.3 is 0 Å². The van der Waals surface area contributed by atoms with Gasteiger partial charge in [-0.05, 0) is 5.92 Å². The maximum atomic E-state index is 3.84. The Bertz CT molecular complexity index is 39.3. The summed E-state index contributed by atoms with van der Waals surface area (Å²) < 4.78 is 0. The van der Waals surface area contributed by atoms with Crippen molar-refractivity contribution in [3.63, 3.8) is 0 Å². The van der Waals surface area contributed by atoms with Crippen molar-refractivity contribution >= 4 is 0 Å². The molecule has 0 spiro atoms. The lowest BCUT2D eigenvalue weighted by Crippen LogP contribution is -1.90. The van der Waals surface area contributed by atoms with E-state index in [-0.39, 0.29) is 0 Å².